The molecular weight excluding hydrogens is 616 g/mol. The Balaban J connectivity index is 1.59. The summed E-state index contributed by atoms with van der Waals surface area (Å²) in [5.41, 5.74) is 3.20. The van der Waals surface area contributed by atoms with Crippen LogP contribution >= 0.6 is 0 Å². The van der Waals surface area contributed by atoms with Crippen LogP contribution in [-0.4, -0.2) is 96.3 Å². The standard InChI is InChI=1S/C35H46N6O5S/c1-23(2)39-14-16-40(17-15-39)31(42)21-41-27(20-35(5,6)7)22-46-30-19-29(32-24(3)10-8-11-25(32)4)36-34(37-30)38-47(44,45)28-13-9-12-26(18-28)33(41)43/h8-13,18-19,23,27H,14-17,20-22H2,1-7H3,(H,36,37,38)/t27-/m1/s1. The summed E-state index contributed by atoms with van der Waals surface area (Å²) in [6, 6.07) is 13.3. The molecule has 1 atom stereocenters. The molecule has 0 radical (unpaired) electrons. The first-order chi connectivity index (χ1) is 22.1. The van der Waals surface area contributed by atoms with Crippen molar-refractivity contribution >= 4 is 27.8 Å². The second-order valence-electron chi connectivity index (χ2n) is 14.0. The van der Waals surface area contributed by atoms with Gasteiger partial charge in [-0.3, -0.25) is 14.5 Å². The molecule has 0 unspecified atom stereocenters. The average Bonchev–Trinajstić information content (AvgIpc) is 3.00. The number of hydrogen-bond donors (Lipinski definition) is 1. The number of amides is 2. The van der Waals surface area contributed by atoms with Crippen LogP contribution in [0.25, 0.3) is 11.3 Å². The third kappa shape index (κ3) is 8.10. The van der Waals surface area contributed by atoms with Gasteiger partial charge < -0.3 is 14.5 Å². The largest absolute Gasteiger partial charge is 0.475 e. The number of hydrogen-bond acceptors (Lipinski definition) is 8. The number of fused-ring (bicyclic) bond motifs is 4. The molecule has 2 aromatic carbocycles. The second-order valence-corrected chi connectivity index (χ2v) is 15.7. The number of carbonyl (C=O) groups is 2. The minimum absolute atomic E-state index is 0.0342. The zero-order chi connectivity index (χ0) is 34.1. The number of sulfonamides is 1. The van der Waals surface area contributed by atoms with Crippen molar-refractivity contribution in [1.82, 2.24) is 24.7 Å². The zero-order valence-electron chi connectivity index (χ0n) is 28.4. The van der Waals surface area contributed by atoms with Gasteiger partial charge in [-0.1, -0.05) is 45.0 Å². The first-order valence-electron chi connectivity index (χ1n) is 16.2. The van der Waals surface area contributed by atoms with Gasteiger partial charge in [-0.2, -0.15) is 4.98 Å². The first kappa shape index (κ1) is 34.3. The molecule has 3 aromatic rings. The van der Waals surface area contributed by atoms with E-state index in [0.29, 0.717) is 31.2 Å². The topological polar surface area (TPSA) is 125 Å². The highest BCUT2D eigenvalue weighted by Crippen LogP contribution is 2.31. The number of piperazine rings is 1. The van der Waals surface area contributed by atoms with E-state index in [2.05, 4.69) is 54.2 Å². The molecule has 2 aliphatic rings. The maximum Gasteiger partial charge on any atom is 0.264 e. The van der Waals surface area contributed by atoms with Crippen molar-refractivity contribution < 1.29 is 22.7 Å². The van der Waals surface area contributed by atoms with Gasteiger partial charge in [0.25, 0.3) is 15.9 Å². The highest BCUT2D eigenvalue weighted by Gasteiger charge is 2.34. The molecule has 2 aliphatic heterocycles. The maximum absolute atomic E-state index is 14.3. The van der Waals surface area contributed by atoms with Gasteiger partial charge in [-0.05, 0) is 68.9 Å². The second kappa shape index (κ2) is 13.6. The van der Waals surface area contributed by atoms with Crippen molar-refractivity contribution in [1.29, 1.82) is 0 Å². The number of carbonyl (C=O) groups excluding carboxylic acids is 2. The summed E-state index contributed by atoms with van der Waals surface area (Å²) in [6.45, 7) is 17.0. The predicted octanol–water partition coefficient (Wildman–Crippen LogP) is 4.75. The normalized spacial score (nSPS) is 18.9. The Morgan fingerprint density at radius 2 is 1.66 bits per heavy atom. The summed E-state index contributed by atoms with van der Waals surface area (Å²) < 4.78 is 36.1. The van der Waals surface area contributed by atoms with E-state index in [1.807, 2.05) is 32.0 Å². The number of nitrogens with zero attached hydrogens (tertiary/aromatic N) is 5. The van der Waals surface area contributed by atoms with Gasteiger partial charge in [0.1, 0.15) is 13.2 Å². The van der Waals surface area contributed by atoms with Gasteiger partial charge in [0.2, 0.25) is 17.7 Å². The van der Waals surface area contributed by atoms with E-state index in [1.165, 1.54) is 18.2 Å². The Labute approximate surface area is 278 Å². The number of ether oxygens (including phenoxy) is 1. The van der Waals surface area contributed by atoms with Gasteiger partial charge >= 0.3 is 0 Å². The molecule has 47 heavy (non-hydrogen) atoms. The van der Waals surface area contributed by atoms with Crippen LogP contribution in [0.3, 0.4) is 0 Å². The molecule has 11 nitrogen and oxygen atoms in total. The van der Waals surface area contributed by atoms with Gasteiger partial charge in [-0.15, -0.1) is 0 Å². The Morgan fingerprint density at radius 1 is 1.00 bits per heavy atom. The fourth-order valence-corrected chi connectivity index (χ4v) is 7.27. The maximum atomic E-state index is 14.3. The van der Waals surface area contributed by atoms with Crippen molar-refractivity contribution in [3.05, 3.63) is 65.2 Å². The lowest BCUT2D eigenvalue weighted by Gasteiger charge is -2.39. The van der Waals surface area contributed by atoms with Gasteiger partial charge in [-0.25, -0.2) is 18.1 Å². The van der Waals surface area contributed by atoms with Crippen LogP contribution in [0.5, 0.6) is 5.88 Å². The van der Waals surface area contributed by atoms with E-state index in [0.717, 1.165) is 29.8 Å². The van der Waals surface area contributed by atoms with Gasteiger partial charge in [0.15, 0.2) is 0 Å². The van der Waals surface area contributed by atoms with Crippen molar-refractivity contribution in [2.75, 3.05) is 44.1 Å². The number of benzene rings is 2. The molecule has 1 aromatic heterocycles. The number of aromatic nitrogens is 2. The average molecular weight is 663 g/mol. The summed E-state index contributed by atoms with van der Waals surface area (Å²) in [6.07, 6.45) is 0.519. The molecule has 1 fully saturated rings. The molecular formula is C35H46N6O5S. The molecule has 2 amide bonds. The van der Waals surface area contributed by atoms with Crippen molar-refractivity contribution in [3.63, 3.8) is 0 Å². The number of nitrogens with one attached hydrogen (secondary N) is 1. The summed E-state index contributed by atoms with van der Waals surface area (Å²) in [5.74, 6) is -0.584. The summed E-state index contributed by atoms with van der Waals surface area (Å²) in [4.78, 5) is 42.7. The summed E-state index contributed by atoms with van der Waals surface area (Å²) in [7, 11) is -4.19. The van der Waals surface area contributed by atoms with Crippen LogP contribution in [0, 0.1) is 19.3 Å². The smallest absolute Gasteiger partial charge is 0.264 e. The third-order valence-corrected chi connectivity index (χ3v) is 10.1. The SMILES string of the molecule is Cc1cccc(C)c1-c1cc2nc(n1)NS(=O)(=O)c1cccc(c1)C(=O)N(CC(=O)N1CCN(C(C)C)CC1)[C@H](CC(C)(C)C)CO2. The lowest BCUT2D eigenvalue weighted by molar-refractivity contribution is -0.134. The molecule has 252 valence electrons. The highest BCUT2D eigenvalue weighted by molar-refractivity contribution is 7.92. The number of rotatable bonds is 5. The van der Waals surface area contributed by atoms with Crippen LogP contribution in [0.2, 0.25) is 0 Å². The monoisotopic (exact) mass is 662 g/mol. The van der Waals surface area contributed by atoms with Crippen molar-refractivity contribution in [2.45, 2.75) is 71.9 Å². The highest BCUT2D eigenvalue weighted by atomic mass is 32.2. The molecule has 0 saturated carbocycles. The van der Waals surface area contributed by atoms with E-state index in [9.17, 15) is 18.0 Å². The molecule has 4 bridgehead atoms. The van der Waals surface area contributed by atoms with Crippen LogP contribution in [-0.2, 0) is 14.8 Å². The van der Waals surface area contributed by atoms with Crippen molar-refractivity contribution in [2.24, 2.45) is 5.41 Å². The Bertz CT molecular complexity index is 1730. The fraction of sp³-hybridized carbons (Fsp3) is 0.486. The molecule has 1 saturated heterocycles. The Kier molecular flexibility index (Phi) is 9.93. The van der Waals surface area contributed by atoms with E-state index in [-0.39, 0.29) is 46.8 Å². The molecule has 3 heterocycles. The summed E-state index contributed by atoms with van der Waals surface area (Å²) >= 11 is 0. The Morgan fingerprint density at radius 3 is 2.30 bits per heavy atom. The lowest BCUT2D eigenvalue weighted by Crippen LogP contribution is -2.55. The quantitative estimate of drug-likeness (QED) is 0.415. The van der Waals surface area contributed by atoms with Crippen LogP contribution < -0.4 is 9.46 Å². The molecule has 0 aliphatic carbocycles. The molecule has 12 heteroatoms. The van der Waals surface area contributed by atoms with Crippen LogP contribution in [0.15, 0.2) is 53.4 Å². The van der Waals surface area contributed by atoms with Gasteiger partial charge in [0, 0.05) is 49.4 Å². The van der Waals surface area contributed by atoms with Crippen molar-refractivity contribution in [3.8, 4) is 17.1 Å². The Hall–Kier alpha value is -4.03. The summed E-state index contributed by atoms with van der Waals surface area (Å²) in [5, 5.41) is 0. The van der Waals surface area contributed by atoms with E-state index >= 15 is 0 Å². The molecule has 5 rings (SSSR count). The number of aryl methyl sites for hydroxylation is 2. The third-order valence-electron chi connectivity index (χ3n) is 8.73. The van der Waals surface area contributed by atoms with Crippen LogP contribution in [0.4, 0.5) is 5.95 Å². The van der Waals surface area contributed by atoms with Gasteiger partial charge in [0.05, 0.1) is 16.6 Å². The predicted molar refractivity (Wildman–Crippen MR) is 182 cm³/mol. The van der Waals surface area contributed by atoms with E-state index in [4.69, 9.17) is 4.74 Å². The fourth-order valence-electron chi connectivity index (χ4n) is 6.28. The van der Waals surface area contributed by atoms with E-state index < -0.39 is 22.0 Å². The lowest BCUT2D eigenvalue weighted by atomic mass is 9.87. The minimum atomic E-state index is -4.19. The molecule has 0 spiro atoms. The minimum Gasteiger partial charge on any atom is -0.475 e. The van der Waals surface area contributed by atoms with E-state index in [1.54, 1.807) is 21.9 Å². The zero-order valence-corrected chi connectivity index (χ0v) is 29.2. The van der Waals surface area contributed by atoms with Crippen LogP contribution in [0.1, 0.15) is 62.5 Å². The number of anilines is 1. The first-order valence-corrected chi connectivity index (χ1v) is 17.6. The molecule has 1 N–H and O–H groups in total.